The molecule has 0 saturated heterocycles. The van der Waals surface area contributed by atoms with Gasteiger partial charge >= 0.3 is 0 Å². The average molecular weight is 601 g/mol. The van der Waals surface area contributed by atoms with Crippen LogP contribution in [0, 0.1) is 0 Å². The summed E-state index contributed by atoms with van der Waals surface area (Å²) in [6.07, 6.45) is 0. The van der Waals surface area contributed by atoms with E-state index in [2.05, 4.69) is 0 Å². The lowest BCUT2D eigenvalue weighted by Crippen LogP contribution is -2.36. The lowest BCUT2D eigenvalue weighted by Gasteiger charge is -2.30. The van der Waals surface area contributed by atoms with Crippen molar-refractivity contribution in [1.29, 1.82) is 0 Å². The monoisotopic (exact) mass is 600 g/mol. The Bertz CT molecular complexity index is 917. The van der Waals surface area contributed by atoms with E-state index in [4.69, 9.17) is 38.9 Å². The Labute approximate surface area is 247 Å². The lowest BCUT2D eigenvalue weighted by molar-refractivity contribution is 0.190. The third-order valence-electron chi connectivity index (χ3n) is 6.39. The second-order valence-electron chi connectivity index (χ2n) is 9.21. The second kappa shape index (κ2) is 20.2. The third-order valence-corrected chi connectivity index (χ3v) is 6.39. The van der Waals surface area contributed by atoms with Crippen molar-refractivity contribution in [1.82, 2.24) is 19.9 Å². The molecule has 0 aromatic carbocycles. The molecule has 0 fully saturated rings. The van der Waals surface area contributed by atoms with Gasteiger partial charge in [-0.2, -0.15) is 9.97 Å². The van der Waals surface area contributed by atoms with E-state index in [1.165, 1.54) is 0 Å². The Kier molecular flexibility index (Phi) is 17.1. The summed E-state index contributed by atoms with van der Waals surface area (Å²) in [7, 11) is 6.47. The van der Waals surface area contributed by atoms with Crippen molar-refractivity contribution in [2.75, 3.05) is 153 Å². The highest BCUT2D eigenvalue weighted by molar-refractivity contribution is 5.95. The van der Waals surface area contributed by atoms with Gasteiger partial charge in [-0.1, -0.05) is 0 Å². The fraction of sp³-hybridized carbons (Fsp3) is 0.769. The van der Waals surface area contributed by atoms with Crippen molar-refractivity contribution >= 4 is 34.6 Å². The first-order valence-corrected chi connectivity index (χ1v) is 14.0. The van der Waals surface area contributed by atoms with Crippen LogP contribution in [0.1, 0.15) is 0 Å². The minimum absolute atomic E-state index is 0.166. The summed E-state index contributed by atoms with van der Waals surface area (Å²) in [5.41, 5.74) is 0.888. The van der Waals surface area contributed by atoms with Gasteiger partial charge in [0.2, 0.25) is 11.9 Å². The number of rotatable bonds is 24. The Balaban J connectivity index is 3.00. The fourth-order valence-corrected chi connectivity index (χ4v) is 4.25. The van der Waals surface area contributed by atoms with Crippen LogP contribution in [0.5, 0.6) is 0 Å². The van der Waals surface area contributed by atoms with Gasteiger partial charge in [0.1, 0.15) is 11.0 Å². The number of anilines is 4. The molecule has 2 aromatic rings. The van der Waals surface area contributed by atoms with Gasteiger partial charge in [-0.15, -0.1) is 0 Å². The van der Waals surface area contributed by atoms with Gasteiger partial charge in [0, 0.05) is 80.8 Å². The summed E-state index contributed by atoms with van der Waals surface area (Å²) in [6, 6.07) is 0. The fourth-order valence-electron chi connectivity index (χ4n) is 4.25. The van der Waals surface area contributed by atoms with Crippen LogP contribution in [0.3, 0.4) is 0 Å². The van der Waals surface area contributed by atoms with E-state index < -0.39 is 0 Å². The molecule has 0 spiro atoms. The number of ether oxygens (including phenoxy) is 4. The van der Waals surface area contributed by atoms with Crippen LogP contribution in [-0.4, -0.2) is 174 Å². The molecule has 2 heterocycles. The summed E-state index contributed by atoms with van der Waals surface area (Å²) in [4.78, 5) is 26.9. The van der Waals surface area contributed by atoms with E-state index >= 15 is 0 Å². The molecule has 0 bridgehead atoms. The molecule has 0 atom stereocenters. The number of nitrogens with zero attached hydrogens (tertiary/aromatic N) is 8. The van der Waals surface area contributed by atoms with E-state index in [-0.39, 0.29) is 52.6 Å². The van der Waals surface area contributed by atoms with Crippen LogP contribution in [0.15, 0.2) is 0 Å². The molecule has 42 heavy (non-hydrogen) atoms. The van der Waals surface area contributed by atoms with Crippen molar-refractivity contribution in [3.05, 3.63) is 0 Å². The van der Waals surface area contributed by atoms with Crippen LogP contribution in [0.25, 0.3) is 11.0 Å². The molecule has 240 valence electrons. The standard InChI is InChI=1S/C26H48N8O8/c1-39-17-9-31(10-18-40-2)23-21-22(28-25(29-23)33(5-13-35)6-14-36)24(32(11-19-41-3)12-20-42-4)30-26(27-21)34(7-15-37)8-16-38/h35-38H,5-20H2,1-4H3. The molecule has 0 unspecified atom stereocenters. The maximum Gasteiger partial charge on any atom is 0.228 e. The maximum atomic E-state index is 9.75. The number of hydrogen-bond acceptors (Lipinski definition) is 16. The van der Waals surface area contributed by atoms with Crippen molar-refractivity contribution in [2.24, 2.45) is 0 Å². The van der Waals surface area contributed by atoms with Gasteiger partial charge in [0.05, 0.1) is 52.9 Å². The van der Waals surface area contributed by atoms with Crippen molar-refractivity contribution < 1.29 is 39.4 Å². The number of fused-ring (bicyclic) bond motifs is 1. The van der Waals surface area contributed by atoms with Crippen LogP contribution in [-0.2, 0) is 18.9 Å². The van der Waals surface area contributed by atoms with Crippen molar-refractivity contribution in [3.8, 4) is 0 Å². The number of aliphatic hydroxyl groups is 4. The molecule has 16 nitrogen and oxygen atoms in total. The van der Waals surface area contributed by atoms with E-state index in [1.807, 2.05) is 9.80 Å². The molecule has 4 N–H and O–H groups in total. The molecule has 0 radical (unpaired) electrons. The summed E-state index contributed by atoms with van der Waals surface area (Å²) < 4.78 is 21.5. The minimum atomic E-state index is -0.166. The first-order chi connectivity index (χ1) is 20.5. The van der Waals surface area contributed by atoms with Crippen molar-refractivity contribution in [3.63, 3.8) is 0 Å². The highest BCUT2D eigenvalue weighted by Crippen LogP contribution is 2.33. The second-order valence-corrected chi connectivity index (χ2v) is 9.21. The lowest BCUT2D eigenvalue weighted by atomic mass is 10.3. The van der Waals surface area contributed by atoms with Gasteiger partial charge in [-0.05, 0) is 0 Å². The molecule has 0 amide bonds. The summed E-state index contributed by atoms with van der Waals surface area (Å²) in [6.45, 7) is 3.63. The topological polar surface area (TPSA) is 182 Å². The third kappa shape index (κ3) is 10.2. The normalized spacial score (nSPS) is 11.3. The molecule has 0 aliphatic heterocycles. The van der Waals surface area contributed by atoms with Crippen LogP contribution in [0.2, 0.25) is 0 Å². The molecule has 0 saturated carbocycles. The zero-order chi connectivity index (χ0) is 30.7. The quantitative estimate of drug-likeness (QED) is 0.106. The van der Waals surface area contributed by atoms with E-state index in [0.717, 1.165) is 0 Å². The van der Waals surface area contributed by atoms with Crippen LogP contribution in [0.4, 0.5) is 23.5 Å². The number of methoxy groups -OCH3 is 4. The number of aliphatic hydroxyl groups excluding tert-OH is 4. The maximum absolute atomic E-state index is 9.75. The van der Waals surface area contributed by atoms with Crippen LogP contribution < -0.4 is 19.6 Å². The highest BCUT2D eigenvalue weighted by atomic mass is 16.5. The van der Waals surface area contributed by atoms with Gasteiger partial charge in [0.15, 0.2) is 11.6 Å². The van der Waals surface area contributed by atoms with Crippen LogP contribution >= 0.6 is 0 Å². The summed E-state index contributed by atoms with van der Waals surface area (Å²) in [5.74, 6) is 1.56. The van der Waals surface area contributed by atoms with E-state index in [9.17, 15) is 20.4 Å². The molecular weight excluding hydrogens is 552 g/mol. The zero-order valence-corrected chi connectivity index (χ0v) is 25.3. The smallest absolute Gasteiger partial charge is 0.228 e. The molecule has 16 heteroatoms. The Morgan fingerprint density at radius 1 is 0.429 bits per heavy atom. The molecule has 0 aliphatic rings. The van der Waals surface area contributed by atoms with Gasteiger partial charge < -0.3 is 59.0 Å². The highest BCUT2D eigenvalue weighted by Gasteiger charge is 2.26. The first kappa shape index (κ1) is 35.5. The Morgan fingerprint density at radius 2 is 0.714 bits per heavy atom. The van der Waals surface area contributed by atoms with Gasteiger partial charge in [-0.3, -0.25) is 0 Å². The van der Waals surface area contributed by atoms with E-state index in [0.29, 0.717) is 87.2 Å². The Morgan fingerprint density at radius 3 is 0.952 bits per heavy atom. The molecule has 2 rings (SSSR count). The van der Waals surface area contributed by atoms with Crippen molar-refractivity contribution in [2.45, 2.75) is 0 Å². The summed E-state index contributed by atoms with van der Waals surface area (Å²) in [5, 5.41) is 39.0. The minimum Gasteiger partial charge on any atom is -0.395 e. The Hall–Kier alpha value is -2.70. The zero-order valence-electron chi connectivity index (χ0n) is 25.3. The number of aromatic nitrogens is 4. The predicted molar refractivity (Wildman–Crippen MR) is 160 cm³/mol. The predicted octanol–water partition coefficient (Wildman–Crippen LogP) is -1.80. The molecule has 2 aromatic heterocycles. The molecular formula is C26H48N8O8. The van der Waals surface area contributed by atoms with Gasteiger partial charge in [0.25, 0.3) is 0 Å². The first-order valence-electron chi connectivity index (χ1n) is 14.0. The van der Waals surface area contributed by atoms with Gasteiger partial charge in [-0.25, -0.2) is 9.97 Å². The SMILES string of the molecule is COCCN(CCOC)c1nc(N(CCO)CCO)nc2c(N(CCOC)CCOC)nc(N(CCO)CCO)nc12. The summed E-state index contributed by atoms with van der Waals surface area (Å²) >= 11 is 0. The molecule has 0 aliphatic carbocycles. The largest absolute Gasteiger partial charge is 0.395 e. The average Bonchev–Trinajstić information content (AvgIpc) is 3.00. The number of hydrogen-bond donors (Lipinski definition) is 4. The van der Waals surface area contributed by atoms with E-state index in [1.54, 1.807) is 38.2 Å².